The van der Waals surface area contributed by atoms with Crippen LogP contribution in [0, 0.1) is 23.7 Å². The molecule has 0 heteroatoms. The highest BCUT2D eigenvalue weighted by atomic mass is 14.0. The molecule has 0 spiro atoms. The average Bonchev–Trinajstić information content (AvgIpc) is 2.75. The van der Waals surface area contributed by atoms with Crippen LogP contribution in [0.3, 0.4) is 0 Å². The van der Waals surface area contributed by atoms with Crippen LogP contribution >= 0.6 is 0 Å². The Morgan fingerprint density at radius 3 is 1.50 bits per heavy atom. The second-order valence-corrected chi connectivity index (χ2v) is 6.90. The second-order valence-electron chi connectivity index (χ2n) is 6.90. The highest BCUT2D eigenvalue weighted by Crippen LogP contribution is 2.20. The number of hydrogen-bond acceptors (Lipinski definition) is 0. The van der Waals surface area contributed by atoms with E-state index >= 15 is 0 Å². The van der Waals surface area contributed by atoms with Gasteiger partial charge in [0.1, 0.15) is 0 Å². The Balaban J connectivity index is 1.67. The summed E-state index contributed by atoms with van der Waals surface area (Å²) >= 11 is 0. The lowest BCUT2D eigenvalue weighted by Gasteiger charge is -2.04. The quantitative estimate of drug-likeness (QED) is 0.445. The monoisotopic (exact) mass is 362 g/mol. The molecule has 0 aliphatic carbocycles. The van der Waals surface area contributed by atoms with Crippen LogP contribution in [0.15, 0.2) is 72.8 Å². The molecule has 0 unspecified atom stereocenters. The molecule has 0 bridgehead atoms. The first kappa shape index (κ1) is 19.5. The number of benzene rings is 3. The van der Waals surface area contributed by atoms with Gasteiger partial charge in [-0.25, -0.2) is 0 Å². The SMILES string of the molecule is CCCC#Cc1ccc(C#Cc2ccc(-c3ccc(CCC)cc3)cc2)cc1. The van der Waals surface area contributed by atoms with E-state index in [1.165, 1.54) is 23.1 Å². The topological polar surface area (TPSA) is 0 Å². The van der Waals surface area contributed by atoms with Gasteiger partial charge in [0, 0.05) is 23.1 Å². The largest absolute Gasteiger partial charge is 0.0979 e. The maximum absolute atomic E-state index is 3.25. The van der Waals surface area contributed by atoms with Crippen LogP contribution in [0.25, 0.3) is 11.1 Å². The molecule has 0 aromatic heterocycles. The molecule has 3 aromatic carbocycles. The van der Waals surface area contributed by atoms with E-state index in [9.17, 15) is 0 Å². The fourth-order valence-corrected chi connectivity index (χ4v) is 2.97. The van der Waals surface area contributed by atoms with Gasteiger partial charge in [0.25, 0.3) is 0 Å². The van der Waals surface area contributed by atoms with Crippen LogP contribution in [-0.4, -0.2) is 0 Å². The Kier molecular flexibility index (Phi) is 7.12. The smallest absolute Gasteiger partial charge is 0.0249 e. The van der Waals surface area contributed by atoms with Crippen molar-refractivity contribution >= 4 is 0 Å². The molecular formula is C28H26. The molecule has 0 saturated carbocycles. The van der Waals surface area contributed by atoms with Crippen LogP contribution in [-0.2, 0) is 6.42 Å². The van der Waals surface area contributed by atoms with E-state index in [1.807, 2.05) is 24.3 Å². The van der Waals surface area contributed by atoms with Crippen molar-refractivity contribution in [1.82, 2.24) is 0 Å². The summed E-state index contributed by atoms with van der Waals surface area (Å²) in [6.45, 7) is 4.35. The van der Waals surface area contributed by atoms with Crippen molar-refractivity contribution in [3.05, 3.63) is 95.1 Å². The average molecular weight is 363 g/mol. The molecule has 0 radical (unpaired) electrons. The Bertz CT molecular complexity index is 996. The number of aryl methyl sites for hydroxylation is 1. The van der Waals surface area contributed by atoms with Gasteiger partial charge in [-0.1, -0.05) is 80.3 Å². The van der Waals surface area contributed by atoms with Gasteiger partial charge in [0.15, 0.2) is 0 Å². The summed E-state index contributed by atoms with van der Waals surface area (Å²) in [4.78, 5) is 0. The van der Waals surface area contributed by atoms with Crippen molar-refractivity contribution in [3.63, 3.8) is 0 Å². The van der Waals surface area contributed by atoms with E-state index in [0.717, 1.165) is 36.0 Å². The van der Waals surface area contributed by atoms with Gasteiger partial charge >= 0.3 is 0 Å². The third kappa shape index (κ3) is 5.64. The number of unbranched alkanes of at least 4 members (excludes halogenated alkanes) is 1. The van der Waals surface area contributed by atoms with Gasteiger partial charge in [-0.3, -0.25) is 0 Å². The van der Waals surface area contributed by atoms with Crippen LogP contribution in [0.4, 0.5) is 0 Å². The fourth-order valence-electron chi connectivity index (χ4n) is 2.97. The Morgan fingerprint density at radius 2 is 1.00 bits per heavy atom. The molecule has 0 amide bonds. The maximum atomic E-state index is 3.25. The predicted molar refractivity (Wildman–Crippen MR) is 120 cm³/mol. The standard InChI is InChI=1S/C28H26/c1-3-5-6-8-24-9-11-25(12-10-24)13-14-26-17-21-28(22-18-26)27-19-15-23(7-4-2)16-20-27/h9-12,15-22H,3-5,7H2,1-2H3. The van der Waals surface area contributed by atoms with Crippen LogP contribution in [0.5, 0.6) is 0 Å². The van der Waals surface area contributed by atoms with Gasteiger partial charge in [-0.2, -0.15) is 0 Å². The molecule has 138 valence electrons. The summed E-state index contributed by atoms with van der Waals surface area (Å²) in [5.41, 5.74) is 6.96. The lowest BCUT2D eigenvalue weighted by Crippen LogP contribution is -1.84. The predicted octanol–water partition coefficient (Wildman–Crippen LogP) is 6.86. The van der Waals surface area contributed by atoms with Crippen molar-refractivity contribution in [2.24, 2.45) is 0 Å². The summed E-state index contributed by atoms with van der Waals surface area (Å²) in [6, 6.07) is 25.5. The summed E-state index contributed by atoms with van der Waals surface area (Å²) in [5, 5.41) is 0. The van der Waals surface area contributed by atoms with Crippen molar-refractivity contribution in [1.29, 1.82) is 0 Å². The van der Waals surface area contributed by atoms with E-state index < -0.39 is 0 Å². The molecule has 0 aliphatic heterocycles. The maximum Gasteiger partial charge on any atom is 0.0249 e. The third-order valence-corrected chi connectivity index (χ3v) is 4.55. The van der Waals surface area contributed by atoms with Gasteiger partial charge in [0.05, 0.1) is 0 Å². The van der Waals surface area contributed by atoms with Crippen molar-refractivity contribution < 1.29 is 0 Å². The van der Waals surface area contributed by atoms with Gasteiger partial charge in [-0.05, 0) is 65.9 Å². The van der Waals surface area contributed by atoms with Crippen LogP contribution in [0.2, 0.25) is 0 Å². The van der Waals surface area contributed by atoms with Crippen LogP contribution < -0.4 is 0 Å². The normalized spacial score (nSPS) is 9.79. The fraction of sp³-hybridized carbons (Fsp3) is 0.214. The van der Waals surface area contributed by atoms with Crippen molar-refractivity contribution in [2.45, 2.75) is 39.5 Å². The first-order valence-corrected chi connectivity index (χ1v) is 10.1. The second kappa shape index (κ2) is 10.2. The molecule has 3 aromatic rings. The molecule has 0 aliphatic rings. The number of rotatable bonds is 4. The van der Waals surface area contributed by atoms with E-state index in [-0.39, 0.29) is 0 Å². The zero-order valence-electron chi connectivity index (χ0n) is 16.8. The first-order valence-electron chi connectivity index (χ1n) is 10.1. The molecule has 0 nitrogen and oxygen atoms in total. The summed E-state index contributed by atoms with van der Waals surface area (Å²) in [6.07, 6.45) is 4.36. The molecule has 0 N–H and O–H groups in total. The highest BCUT2D eigenvalue weighted by Gasteiger charge is 1.98. The van der Waals surface area contributed by atoms with Crippen molar-refractivity contribution in [2.75, 3.05) is 0 Å². The molecule has 0 fully saturated rings. The zero-order chi connectivity index (χ0) is 19.6. The van der Waals surface area contributed by atoms with E-state index in [0.29, 0.717) is 0 Å². The Morgan fingerprint density at radius 1 is 0.536 bits per heavy atom. The number of hydrogen-bond donors (Lipinski definition) is 0. The minimum Gasteiger partial charge on any atom is -0.0979 e. The lowest BCUT2D eigenvalue weighted by molar-refractivity contribution is 0.922. The minimum absolute atomic E-state index is 0.945. The molecule has 0 saturated heterocycles. The van der Waals surface area contributed by atoms with E-state index in [4.69, 9.17) is 0 Å². The van der Waals surface area contributed by atoms with Gasteiger partial charge in [-0.15, -0.1) is 0 Å². The molecule has 28 heavy (non-hydrogen) atoms. The first-order chi connectivity index (χ1) is 13.8. The molecule has 3 rings (SSSR count). The molecular weight excluding hydrogens is 336 g/mol. The minimum atomic E-state index is 0.945. The van der Waals surface area contributed by atoms with E-state index in [1.54, 1.807) is 0 Å². The Hall–Kier alpha value is -3.22. The lowest BCUT2D eigenvalue weighted by atomic mass is 10.0. The summed E-state index contributed by atoms with van der Waals surface area (Å²) in [7, 11) is 0. The molecule has 0 atom stereocenters. The summed E-state index contributed by atoms with van der Waals surface area (Å²) < 4.78 is 0. The summed E-state index contributed by atoms with van der Waals surface area (Å²) in [5.74, 6) is 12.8. The van der Waals surface area contributed by atoms with E-state index in [2.05, 4.69) is 86.1 Å². The van der Waals surface area contributed by atoms with Gasteiger partial charge < -0.3 is 0 Å². The Labute approximate surface area is 169 Å². The zero-order valence-corrected chi connectivity index (χ0v) is 16.8. The van der Waals surface area contributed by atoms with Gasteiger partial charge in [0.2, 0.25) is 0 Å². The van der Waals surface area contributed by atoms with Crippen LogP contribution in [0.1, 0.15) is 55.4 Å². The molecule has 0 heterocycles. The highest BCUT2D eigenvalue weighted by molar-refractivity contribution is 5.64. The third-order valence-electron chi connectivity index (χ3n) is 4.55. The van der Waals surface area contributed by atoms with Crippen molar-refractivity contribution in [3.8, 4) is 34.8 Å².